The van der Waals surface area contributed by atoms with Crippen molar-refractivity contribution in [3.8, 4) is 0 Å². The summed E-state index contributed by atoms with van der Waals surface area (Å²) in [6.45, 7) is 0. The number of benzene rings is 1. The molecule has 3 rings (SSSR count). The first-order chi connectivity index (χ1) is 10.2. The number of aromatic nitrogens is 1. The Morgan fingerprint density at radius 2 is 1.71 bits per heavy atom. The molecule has 1 atom stereocenters. The van der Waals surface area contributed by atoms with Crippen molar-refractivity contribution in [2.24, 2.45) is 4.99 Å². The zero-order valence-corrected chi connectivity index (χ0v) is 11.7. The average Bonchev–Trinajstić information content (AvgIpc) is 2.52. The van der Waals surface area contributed by atoms with Crippen molar-refractivity contribution in [2.75, 3.05) is 0 Å². The molecule has 0 saturated heterocycles. The average molecular weight is 300 g/mol. The second kappa shape index (κ2) is 5.58. The Labute approximate surface area is 126 Å². The van der Waals surface area contributed by atoms with Crippen LogP contribution in [0.3, 0.4) is 0 Å². The fourth-order valence-electron chi connectivity index (χ4n) is 2.33. The van der Waals surface area contributed by atoms with Gasteiger partial charge in [-0.25, -0.2) is 9.38 Å². The molecule has 0 spiro atoms. The van der Waals surface area contributed by atoms with Crippen LogP contribution in [0.4, 0.5) is 4.39 Å². The highest BCUT2D eigenvalue weighted by Crippen LogP contribution is 2.36. The first kappa shape index (κ1) is 13.6. The van der Waals surface area contributed by atoms with Crippen LogP contribution < -0.4 is 0 Å². The van der Waals surface area contributed by atoms with Gasteiger partial charge in [0, 0.05) is 18.6 Å². The van der Waals surface area contributed by atoms with E-state index in [0.29, 0.717) is 0 Å². The maximum absolute atomic E-state index is 13.1. The van der Waals surface area contributed by atoms with E-state index in [1.54, 1.807) is 30.7 Å². The molecule has 1 unspecified atom stereocenters. The summed E-state index contributed by atoms with van der Waals surface area (Å²) in [5.41, 5.74) is 2.76. The molecule has 2 heterocycles. The fraction of sp³-hybridized carbons (Fsp3) is 0.0625. The lowest BCUT2D eigenvalue weighted by Crippen LogP contribution is -2.22. The van der Waals surface area contributed by atoms with E-state index in [1.807, 2.05) is 12.1 Å². The highest BCUT2D eigenvalue weighted by molar-refractivity contribution is 6.84. The normalized spacial score (nSPS) is 18.2. The SMILES string of the molecule is N=C1C(Cl)=NC=C(c2ccc(F)cc2)C1c1ccncc1. The number of pyridine rings is 1. The fourth-order valence-corrected chi connectivity index (χ4v) is 2.49. The number of rotatable bonds is 2. The number of hydrogen-bond donors (Lipinski definition) is 1. The number of halogens is 2. The molecular formula is C16H11ClFN3. The number of nitrogens with zero attached hydrogens (tertiary/aromatic N) is 2. The minimum atomic E-state index is -0.330. The van der Waals surface area contributed by atoms with E-state index in [4.69, 9.17) is 17.0 Å². The summed E-state index contributed by atoms with van der Waals surface area (Å²) in [6.07, 6.45) is 4.98. The molecule has 21 heavy (non-hydrogen) atoms. The zero-order chi connectivity index (χ0) is 14.8. The van der Waals surface area contributed by atoms with Crippen LogP contribution in [0.25, 0.3) is 5.57 Å². The summed E-state index contributed by atoms with van der Waals surface area (Å²) in [4.78, 5) is 8.04. The Kier molecular flexibility index (Phi) is 3.62. The van der Waals surface area contributed by atoms with Gasteiger partial charge in [0.25, 0.3) is 0 Å². The third-order valence-corrected chi connectivity index (χ3v) is 3.66. The van der Waals surface area contributed by atoms with E-state index in [0.717, 1.165) is 16.7 Å². The van der Waals surface area contributed by atoms with Crippen molar-refractivity contribution in [1.82, 2.24) is 4.98 Å². The van der Waals surface area contributed by atoms with Gasteiger partial charge in [0.2, 0.25) is 0 Å². The molecule has 1 N–H and O–H groups in total. The van der Waals surface area contributed by atoms with Crippen molar-refractivity contribution in [2.45, 2.75) is 5.92 Å². The van der Waals surface area contributed by atoms with Crippen LogP contribution in [-0.2, 0) is 0 Å². The third-order valence-electron chi connectivity index (χ3n) is 3.36. The highest BCUT2D eigenvalue weighted by Gasteiger charge is 2.28. The molecule has 0 saturated carbocycles. The van der Waals surface area contributed by atoms with Crippen molar-refractivity contribution in [1.29, 1.82) is 5.41 Å². The summed E-state index contributed by atoms with van der Waals surface area (Å²) < 4.78 is 13.1. The van der Waals surface area contributed by atoms with Gasteiger partial charge in [0.15, 0.2) is 5.17 Å². The lowest BCUT2D eigenvalue weighted by molar-refractivity contribution is 0.627. The van der Waals surface area contributed by atoms with Crippen LogP contribution >= 0.6 is 11.6 Å². The Bertz CT molecular complexity index is 736. The van der Waals surface area contributed by atoms with Crippen molar-refractivity contribution < 1.29 is 4.39 Å². The van der Waals surface area contributed by atoms with E-state index in [2.05, 4.69) is 9.98 Å². The first-order valence-corrected chi connectivity index (χ1v) is 6.72. The minimum absolute atomic E-state index is 0.169. The van der Waals surface area contributed by atoms with Crippen LogP contribution in [0.2, 0.25) is 0 Å². The van der Waals surface area contributed by atoms with E-state index in [1.165, 1.54) is 12.1 Å². The predicted octanol–water partition coefficient (Wildman–Crippen LogP) is 4.02. The first-order valence-electron chi connectivity index (χ1n) is 6.35. The number of aliphatic imine (C=N–C) groups is 1. The summed E-state index contributed by atoms with van der Waals surface area (Å²) in [7, 11) is 0. The molecule has 0 aliphatic carbocycles. The standard InChI is InChI=1S/C16H11ClFN3/c17-16-15(19)14(11-5-7-20-8-6-11)13(9-21-16)10-1-3-12(18)4-2-10/h1-9,14,19H. The summed E-state index contributed by atoms with van der Waals surface area (Å²) in [5.74, 6) is -0.629. The minimum Gasteiger partial charge on any atom is -0.301 e. The van der Waals surface area contributed by atoms with Gasteiger partial charge >= 0.3 is 0 Å². The smallest absolute Gasteiger partial charge is 0.150 e. The van der Waals surface area contributed by atoms with Crippen LogP contribution in [0.5, 0.6) is 0 Å². The molecule has 1 aromatic carbocycles. The predicted molar refractivity (Wildman–Crippen MR) is 82.4 cm³/mol. The van der Waals surface area contributed by atoms with Gasteiger partial charge in [-0.3, -0.25) is 4.98 Å². The number of allylic oxidation sites excluding steroid dienone is 1. The molecular weight excluding hydrogens is 289 g/mol. The summed E-state index contributed by atoms with van der Waals surface area (Å²) >= 11 is 5.99. The van der Waals surface area contributed by atoms with Crippen LogP contribution in [-0.4, -0.2) is 15.9 Å². The van der Waals surface area contributed by atoms with Crippen molar-refractivity contribution in [3.63, 3.8) is 0 Å². The summed E-state index contributed by atoms with van der Waals surface area (Å²) in [5, 5.41) is 8.38. The molecule has 1 aromatic heterocycles. The molecule has 3 nitrogen and oxygen atoms in total. The number of hydrogen-bond acceptors (Lipinski definition) is 3. The van der Waals surface area contributed by atoms with E-state index in [-0.39, 0.29) is 22.6 Å². The van der Waals surface area contributed by atoms with Crippen LogP contribution in [0, 0.1) is 11.2 Å². The Hall–Kier alpha value is -2.33. The van der Waals surface area contributed by atoms with Gasteiger partial charge in [-0.1, -0.05) is 23.7 Å². The Balaban J connectivity index is 2.11. The second-order valence-corrected chi connectivity index (χ2v) is 5.00. The van der Waals surface area contributed by atoms with E-state index < -0.39 is 0 Å². The summed E-state index contributed by atoms with van der Waals surface area (Å²) in [6, 6.07) is 9.82. The molecule has 0 radical (unpaired) electrons. The van der Waals surface area contributed by atoms with E-state index in [9.17, 15) is 4.39 Å². The lowest BCUT2D eigenvalue weighted by Gasteiger charge is -2.24. The maximum atomic E-state index is 13.1. The molecule has 1 aliphatic rings. The van der Waals surface area contributed by atoms with Gasteiger partial charge in [-0.2, -0.15) is 0 Å². The number of nitrogens with one attached hydrogen (secondary N) is 1. The monoisotopic (exact) mass is 299 g/mol. The molecule has 0 fully saturated rings. The van der Waals surface area contributed by atoms with Crippen LogP contribution in [0.1, 0.15) is 17.0 Å². The third kappa shape index (κ3) is 2.62. The second-order valence-electron chi connectivity index (χ2n) is 4.64. The molecule has 104 valence electrons. The van der Waals surface area contributed by atoms with E-state index >= 15 is 0 Å². The quantitative estimate of drug-likeness (QED) is 0.894. The van der Waals surface area contributed by atoms with Gasteiger partial charge in [0.1, 0.15) is 5.82 Å². The lowest BCUT2D eigenvalue weighted by atomic mass is 9.83. The maximum Gasteiger partial charge on any atom is 0.150 e. The largest absolute Gasteiger partial charge is 0.301 e. The van der Waals surface area contributed by atoms with Gasteiger partial charge in [-0.05, 0) is 41.0 Å². The Morgan fingerprint density at radius 3 is 2.38 bits per heavy atom. The molecule has 0 amide bonds. The molecule has 0 bridgehead atoms. The molecule has 5 heteroatoms. The highest BCUT2D eigenvalue weighted by atomic mass is 35.5. The zero-order valence-electron chi connectivity index (χ0n) is 10.9. The van der Waals surface area contributed by atoms with Gasteiger partial charge < -0.3 is 5.41 Å². The molecule has 1 aliphatic heterocycles. The topological polar surface area (TPSA) is 49.1 Å². The van der Waals surface area contributed by atoms with Gasteiger partial charge in [-0.15, -0.1) is 0 Å². The van der Waals surface area contributed by atoms with Crippen molar-refractivity contribution >= 4 is 28.1 Å². The van der Waals surface area contributed by atoms with Crippen LogP contribution in [0.15, 0.2) is 60.0 Å². The van der Waals surface area contributed by atoms with Gasteiger partial charge in [0.05, 0.1) is 11.6 Å². The molecule has 2 aromatic rings. The van der Waals surface area contributed by atoms with Crippen molar-refractivity contribution in [3.05, 3.63) is 71.9 Å². The Morgan fingerprint density at radius 1 is 1.05 bits per heavy atom.